The molecule has 1 aromatic heterocycles. The molecule has 0 saturated carbocycles. The Kier molecular flexibility index (Phi) is 11.8. The van der Waals surface area contributed by atoms with Crippen molar-refractivity contribution in [2.75, 3.05) is 5.75 Å². The van der Waals surface area contributed by atoms with E-state index in [0.29, 0.717) is 5.75 Å². The lowest BCUT2D eigenvalue weighted by molar-refractivity contribution is -0.268. The van der Waals surface area contributed by atoms with Crippen LogP contribution in [0.3, 0.4) is 0 Å². The SMILES string of the molecule is C[C@H]1[C@@H](CSc2nc3ccccc3s2)O[C@@H](c2ccc(-c3cccc(CN4C(=O)CC(NC(=O)OCc5ccccc5)C4=O)c3)cc2)O[C@H]1c1ccc(CO)cc1. The number of carbonyl (C=O) groups excluding carboxylic acids is 3. The molecule has 10 nitrogen and oxygen atoms in total. The lowest BCUT2D eigenvalue weighted by Crippen LogP contribution is -2.41. The first-order valence-corrected chi connectivity index (χ1v) is 20.6. The second-order valence-corrected chi connectivity index (χ2v) is 16.5. The van der Waals surface area contributed by atoms with E-state index in [-0.39, 0.29) is 50.2 Å². The average Bonchev–Trinajstić information content (AvgIpc) is 3.78. The van der Waals surface area contributed by atoms with E-state index in [9.17, 15) is 19.5 Å². The van der Waals surface area contributed by atoms with Crippen LogP contribution < -0.4 is 5.32 Å². The van der Waals surface area contributed by atoms with Crippen molar-refractivity contribution < 1.29 is 33.7 Å². The maximum atomic E-state index is 13.2. The quantitative estimate of drug-likeness (QED) is 0.0925. The van der Waals surface area contributed by atoms with Crippen LogP contribution in [0.1, 0.15) is 53.6 Å². The first kappa shape index (κ1) is 38.5. The van der Waals surface area contributed by atoms with Gasteiger partial charge in [0.1, 0.15) is 12.6 Å². The molecular formula is C45H41N3O7S2. The van der Waals surface area contributed by atoms with Crippen LogP contribution in [0.5, 0.6) is 0 Å². The minimum absolute atomic E-state index is 0.0237. The zero-order valence-electron chi connectivity index (χ0n) is 31.2. The number of aliphatic hydroxyl groups excluding tert-OH is 1. The van der Waals surface area contributed by atoms with Crippen LogP contribution in [0, 0.1) is 5.92 Å². The second kappa shape index (κ2) is 17.4. The lowest BCUT2D eigenvalue weighted by Gasteiger charge is -2.41. The predicted octanol–water partition coefficient (Wildman–Crippen LogP) is 8.59. The standard InChI is InChI=1S/C45H41N3O7S2/c1-28-38(27-56-45-47-36-12-5-6-13-39(36)57-45)54-43(55-41(28)33-16-14-29(25-49)15-17-33)34-20-18-32(19-21-34)35-11-7-10-31(22-35)24-48-40(50)23-37(42(48)51)46-44(52)53-26-30-8-3-2-4-9-30/h2-22,28,37-38,41,43,49H,23-27H2,1H3,(H,46,52)/t28-,37?,38+,41+,43+/m0/s1. The van der Waals surface area contributed by atoms with Crippen molar-refractivity contribution in [3.05, 3.63) is 155 Å². The molecule has 2 aliphatic heterocycles. The Morgan fingerprint density at radius 1 is 0.860 bits per heavy atom. The van der Waals surface area contributed by atoms with Gasteiger partial charge in [-0.1, -0.05) is 128 Å². The van der Waals surface area contributed by atoms with E-state index in [1.54, 1.807) is 23.1 Å². The van der Waals surface area contributed by atoms with E-state index in [1.807, 2.05) is 121 Å². The van der Waals surface area contributed by atoms with Gasteiger partial charge >= 0.3 is 6.09 Å². The molecule has 5 aromatic carbocycles. The van der Waals surface area contributed by atoms with Gasteiger partial charge in [-0.3, -0.25) is 14.5 Å². The van der Waals surface area contributed by atoms with Crippen LogP contribution in [0.25, 0.3) is 21.3 Å². The van der Waals surface area contributed by atoms with Gasteiger partial charge in [0.2, 0.25) is 5.91 Å². The van der Waals surface area contributed by atoms with E-state index in [1.165, 1.54) is 4.90 Å². The molecule has 2 aliphatic rings. The number of carbonyl (C=O) groups is 3. The molecule has 6 aromatic rings. The van der Waals surface area contributed by atoms with Crippen LogP contribution in [-0.2, 0) is 43.6 Å². The summed E-state index contributed by atoms with van der Waals surface area (Å²) >= 11 is 3.38. The molecule has 0 aliphatic carbocycles. The van der Waals surface area contributed by atoms with Gasteiger partial charge in [-0.2, -0.15) is 0 Å². The van der Waals surface area contributed by atoms with Gasteiger partial charge in [-0.15, -0.1) is 11.3 Å². The molecule has 2 N–H and O–H groups in total. The number of imide groups is 1. The molecule has 290 valence electrons. The number of ether oxygens (including phenoxy) is 3. The van der Waals surface area contributed by atoms with E-state index in [0.717, 1.165) is 53.5 Å². The van der Waals surface area contributed by atoms with Gasteiger partial charge in [0.25, 0.3) is 5.91 Å². The molecular weight excluding hydrogens is 759 g/mol. The third-order valence-electron chi connectivity index (χ3n) is 10.3. The van der Waals surface area contributed by atoms with Crippen molar-refractivity contribution in [3.63, 3.8) is 0 Å². The van der Waals surface area contributed by atoms with Crippen LogP contribution in [-0.4, -0.2) is 50.8 Å². The molecule has 0 radical (unpaired) electrons. The number of thiazole rings is 1. The van der Waals surface area contributed by atoms with Crippen molar-refractivity contribution >= 4 is 51.2 Å². The molecule has 3 amide bonds. The number of nitrogens with one attached hydrogen (secondary N) is 1. The number of aromatic nitrogens is 1. The minimum Gasteiger partial charge on any atom is -0.445 e. The summed E-state index contributed by atoms with van der Waals surface area (Å²) in [6, 6.07) is 40.1. The highest BCUT2D eigenvalue weighted by Crippen LogP contribution is 2.44. The molecule has 3 heterocycles. The number of fused-ring (bicyclic) bond motifs is 1. The molecule has 0 bridgehead atoms. The fourth-order valence-corrected chi connectivity index (χ4v) is 9.37. The van der Waals surface area contributed by atoms with Crippen molar-refractivity contribution in [2.24, 2.45) is 5.92 Å². The number of thioether (sulfide) groups is 1. The third kappa shape index (κ3) is 8.96. The Morgan fingerprint density at radius 3 is 2.37 bits per heavy atom. The summed E-state index contributed by atoms with van der Waals surface area (Å²) in [6.45, 7) is 2.27. The maximum Gasteiger partial charge on any atom is 0.408 e. The first-order chi connectivity index (χ1) is 27.8. The molecule has 2 saturated heterocycles. The zero-order valence-corrected chi connectivity index (χ0v) is 32.8. The smallest absolute Gasteiger partial charge is 0.408 e. The number of hydrogen-bond donors (Lipinski definition) is 2. The van der Waals surface area contributed by atoms with Crippen LogP contribution >= 0.6 is 23.1 Å². The zero-order chi connectivity index (χ0) is 39.3. The van der Waals surface area contributed by atoms with Gasteiger partial charge in [-0.05, 0) is 51.6 Å². The van der Waals surface area contributed by atoms with Gasteiger partial charge in [-0.25, -0.2) is 9.78 Å². The topological polar surface area (TPSA) is 127 Å². The summed E-state index contributed by atoms with van der Waals surface area (Å²) in [7, 11) is 0. The Hall–Kier alpha value is -5.37. The normalized spacial score (nSPS) is 20.9. The highest BCUT2D eigenvalue weighted by molar-refractivity contribution is 8.01. The van der Waals surface area contributed by atoms with Crippen molar-refractivity contribution in [1.29, 1.82) is 0 Å². The summed E-state index contributed by atoms with van der Waals surface area (Å²) in [5.41, 5.74) is 7.20. The first-order valence-electron chi connectivity index (χ1n) is 18.8. The number of rotatable bonds is 12. The van der Waals surface area contributed by atoms with Crippen LogP contribution in [0.2, 0.25) is 0 Å². The molecule has 0 spiro atoms. The van der Waals surface area contributed by atoms with Crippen molar-refractivity contribution in [1.82, 2.24) is 15.2 Å². The highest BCUT2D eigenvalue weighted by Gasteiger charge is 2.40. The maximum absolute atomic E-state index is 13.2. The molecule has 1 unspecified atom stereocenters. The van der Waals surface area contributed by atoms with Gasteiger partial charge in [0.15, 0.2) is 10.6 Å². The van der Waals surface area contributed by atoms with E-state index < -0.39 is 24.3 Å². The predicted molar refractivity (Wildman–Crippen MR) is 219 cm³/mol. The van der Waals surface area contributed by atoms with Crippen LogP contribution in [0.4, 0.5) is 4.79 Å². The third-order valence-corrected chi connectivity index (χ3v) is 12.6. The number of likely N-dealkylation sites (tertiary alicyclic amines) is 1. The number of alkyl carbamates (subject to hydrolysis) is 1. The Bertz CT molecular complexity index is 2320. The largest absolute Gasteiger partial charge is 0.445 e. The monoisotopic (exact) mass is 799 g/mol. The fraction of sp³-hybridized carbons (Fsp3) is 0.244. The summed E-state index contributed by atoms with van der Waals surface area (Å²) in [6.07, 6.45) is -1.86. The molecule has 57 heavy (non-hydrogen) atoms. The Morgan fingerprint density at radius 2 is 1.60 bits per heavy atom. The van der Waals surface area contributed by atoms with Gasteiger partial charge in [0.05, 0.1) is 42.0 Å². The van der Waals surface area contributed by atoms with Gasteiger partial charge in [0, 0.05) is 17.2 Å². The minimum atomic E-state index is -0.978. The molecule has 12 heteroatoms. The van der Waals surface area contributed by atoms with E-state index >= 15 is 0 Å². The number of hydrogen-bond acceptors (Lipinski definition) is 10. The fourth-order valence-electron chi connectivity index (χ4n) is 7.11. The number of amides is 3. The Balaban J connectivity index is 0.937. The number of benzene rings is 5. The molecule has 5 atom stereocenters. The average molecular weight is 800 g/mol. The number of para-hydroxylation sites is 1. The molecule has 2 fully saturated rings. The summed E-state index contributed by atoms with van der Waals surface area (Å²) in [5, 5.41) is 12.2. The van der Waals surface area contributed by atoms with E-state index in [4.69, 9.17) is 19.2 Å². The summed E-state index contributed by atoms with van der Waals surface area (Å²) in [4.78, 5) is 44.5. The Labute approximate surface area is 338 Å². The summed E-state index contributed by atoms with van der Waals surface area (Å²) < 4.78 is 20.8. The van der Waals surface area contributed by atoms with Crippen molar-refractivity contribution in [2.45, 2.75) is 62.0 Å². The van der Waals surface area contributed by atoms with E-state index in [2.05, 4.69) is 18.3 Å². The summed E-state index contributed by atoms with van der Waals surface area (Å²) in [5.74, 6) is -0.0790. The lowest BCUT2D eigenvalue weighted by atomic mass is 9.91. The number of aliphatic hydroxyl groups is 1. The second-order valence-electron chi connectivity index (χ2n) is 14.2. The van der Waals surface area contributed by atoms with Gasteiger partial charge < -0.3 is 24.6 Å². The molecule has 8 rings (SSSR count). The van der Waals surface area contributed by atoms with Crippen LogP contribution in [0.15, 0.2) is 132 Å². The highest BCUT2D eigenvalue weighted by atomic mass is 32.2. The van der Waals surface area contributed by atoms with Crippen molar-refractivity contribution in [3.8, 4) is 11.1 Å². The number of nitrogens with zero attached hydrogens (tertiary/aromatic N) is 2.